The van der Waals surface area contributed by atoms with Crippen molar-refractivity contribution in [3.8, 4) is 0 Å². The monoisotopic (exact) mass is 265 g/mol. The highest BCUT2D eigenvalue weighted by molar-refractivity contribution is 6.03. The molecule has 0 saturated carbocycles. The molecule has 1 unspecified atom stereocenters. The van der Waals surface area contributed by atoms with Crippen LogP contribution in [0.4, 0.5) is 5.69 Å². The first kappa shape index (κ1) is 12.9. The summed E-state index contributed by atoms with van der Waals surface area (Å²) in [6.45, 7) is 4.94. The minimum atomic E-state index is -0.0196. The van der Waals surface area contributed by atoms with Gasteiger partial charge in [-0.05, 0) is 37.5 Å². The standard InChI is InChI=1S/C18H19NO/c1-12-7-8-14(13(2)11-12)18(20)16-9-10-19-17-6-4-3-5-15(16)17/h3-8,11,16,19H,9-10H2,1-2H3. The lowest BCUT2D eigenvalue weighted by atomic mass is 9.83. The number of aryl methyl sites for hydroxylation is 2. The average molecular weight is 265 g/mol. The maximum atomic E-state index is 12.9. The summed E-state index contributed by atoms with van der Waals surface area (Å²) >= 11 is 0. The lowest BCUT2D eigenvalue weighted by Gasteiger charge is -2.26. The van der Waals surface area contributed by atoms with Gasteiger partial charge < -0.3 is 5.32 Å². The molecular weight excluding hydrogens is 246 g/mol. The molecule has 1 atom stereocenters. The Labute approximate surface area is 119 Å². The Morgan fingerprint density at radius 3 is 2.75 bits per heavy atom. The third-order valence-corrected chi connectivity index (χ3v) is 4.05. The van der Waals surface area contributed by atoms with Crippen LogP contribution in [0.3, 0.4) is 0 Å². The number of rotatable bonds is 2. The second kappa shape index (κ2) is 5.12. The third-order valence-electron chi connectivity index (χ3n) is 4.05. The molecule has 0 amide bonds. The zero-order chi connectivity index (χ0) is 14.1. The molecule has 0 fully saturated rings. The fourth-order valence-electron chi connectivity index (χ4n) is 3.02. The van der Waals surface area contributed by atoms with Crippen molar-refractivity contribution >= 4 is 11.5 Å². The maximum Gasteiger partial charge on any atom is 0.170 e. The summed E-state index contributed by atoms with van der Waals surface area (Å²) in [6.07, 6.45) is 0.864. The van der Waals surface area contributed by atoms with E-state index in [-0.39, 0.29) is 11.7 Å². The fourth-order valence-corrected chi connectivity index (χ4v) is 3.02. The zero-order valence-electron chi connectivity index (χ0n) is 11.9. The molecule has 0 bridgehead atoms. The van der Waals surface area contributed by atoms with Crippen LogP contribution in [0.1, 0.15) is 39.4 Å². The molecule has 0 saturated heterocycles. The summed E-state index contributed by atoms with van der Waals surface area (Å²) in [5, 5.41) is 3.37. The van der Waals surface area contributed by atoms with E-state index in [4.69, 9.17) is 0 Å². The van der Waals surface area contributed by atoms with Gasteiger partial charge in [0.15, 0.2) is 5.78 Å². The number of hydrogen-bond acceptors (Lipinski definition) is 2. The van der Waals surface area contributed by atoms with Gasteiger partial charge in [0, 0.05) is 17.8 Å². The SMILES string of the molecule is Cc1ccc(C(=O)C2CCNc3ccccc32)c(C)c1. The van der Waals surface area contributed by atoms with E-state index in [1.807, 2.05) is 31.2 Å². The number of benzene rings is 2. The van der Waals surface area contributed by atoms with E-state index in [0.717, 1.165) is 35.3 Å². The summed E-state index contributed by atoms with van der Waals surface area (Å²) in [4.78, 5) is 12.9. The Morgan fingerprint density at radius 1 is 1.15 bits per heavy atom. The van der Waals surface area contributed by atoms with E-state index in [1.54, 1.807) is 0 Å². The molecule has 2 aromatic rings. The van der Waals surface area contributed by atoms with E-state index in [9.17, 15) is 4.79 Å². The molecule has 20 heavy (non-hydrogen) atoms. The number of Topliss-reactive ketones (excluding diaryl/α,β-unsaturated/α-hetero) is 1. The maximum absolute atomic E-state index is 12.9. The van der Waals surface area contributed by atoms with Crippen LogP contribution in [-0.4, -0.2) is 12.3 Å². The lowest BCUT2D eigenvalue weighted by Crippen LogP contribution is -2.23. The summed E-state index contributed by atoms with van der Waals surface area (Å²) in [6, 6.07) is 14.2. The van der Waals surface area contributed by atoms with Crippen molar-refractivity contribution in [1.82, 2.24) is 0 Å². The number of fused-ring (bicyclic) bond motifs is 1. The van der Waals surface area contributed by atoms with E-state index < -0.39 is 0 Å². The fraction of sp³-hybridized carbons (Fsp3) is 0.278. The second-order valence-corrected chi connectivity index (χ2v) is 5.54. The summed E-state index contributed by atoms with van der Waals surface area (Å²) < 4.78 is 0. The van der Waals surface area contributed by atoms with Crippen molar-refractivity contribution in [1.29, 1.82) is 0 Å². The van der Waals surface area contributed by atoms with Gasteiger partial charge in [-0.3, -0.25) is 4.79 Å². The first-order valence-electron chi connectivity index (χ1n) is 7.11. The quantitative estimate of drug-likeness (QED) is 0.829. The topological polar surface area (TPSA) is 29.1 Å². The van der Waals surface area contributed by atoms with Crippen molar-refractivity contribution in [2.45, 2.75) is 26.2 Å². The molecule has 3 rings (SSSR count). The van der Waals surface area contributed by atoms with Crippen LogP contribution in [0.15, 0.2) is 42.5 Å². The van der Waals surface area contributed by atoms with Gasteiger partial charge in [0.2, 0.25) is 0 Å². The molecule has 0 aliphatic carbocycles. The smallest absolute Gasteiger partial charge is 0.170 e. The van der Waals surface area contributed by atoms with E-state index >= 15 is 0 Å². The van der Waals surface area contributed by atoms with Crippen LogP contribution in [0.2, 0.25) is 0 Å². The average Bonchev–Trinajstić information content (AvgIpc) is 2.46. The summed E-state index contributed by atoms with van der Waals surface area (Å²) in [5.74, 6) is 0.227. The first-order valence-corrected chi connectivity index (χ1v) is 7.11. The van der Waals surface area contributed by atoms with E-state index in [0.29, 0.717) is 0 Å². The number of carbonyl (C=O) groups excluding carboxylic acids is 1. The molecule has 1 aliphatic heterocycles. The van der Waals surface area contributed by atoms with Gasteiger partial charge in [0.25, 0.3) is 0 Å². The number of carbonyl (C=O) groups is 1. The molecule has 2 aromatic carbocycles. The lowest BCUT2D eigenvalue weighted by molar-refractivity contribution is 0.0955. The molecule has 1 aliphatic rings. The van der Waals surface area contributed by atoms with Crippen LogP contribution in [0.25, 0.3) is 0 Å². The van der Waals surface area contributed by atoms with Crippen LogP contribution in [0.5, 0.6) is 0 Å². The molecule has 0 radical (unpaired) electrons. The first-order chi connectivity index (χ1) is 9.66. The van der Waals surface area contributed by atoms with Gasteiger partial charge >= 0.3 is 0 Å². The van der Waals surface area contributed by atoms with Crippen molar-refractivity contribution in [2.75, 3.05) is 11.9 Å². The normalized spacial score (nSPS) is 17.2. The molecule has 2 heteroatoms. The molecule has 102 valence electrons. The van der Waals surface area contributed by atoms with Crippen LogP contribution >= 0.6 is 0 Å². The van der Waals surface area contributed by atoms with Gasteiger partial charge in [0.05, 0.1) is 5.92 Å². The predicted octanol–water partition coefficient (Wildman–Crippen LogP) is 4.09. The highest BCUT2D eigenvalue weighted by Crippen LogP contribution is 2.34. The van der Waals surface area contributed by atoms with Gasteiger partial charge in [0.1, 0.15) is 0 Å². The third kappa shape index (κ3) is 2.22. The number of anilines is 1. The number of hydrogen-bond donors (Lipinski definition) is 1. The summed E-state index contributed by atoms with van der Waals surface area (Å²) in [5.41, 5.74) is 5.36. The van der Waals surface area contributed by atoms with Crippen LogP contribution in [-0.2, 0) is 0 Å². The highest BCUT2D eigenvalue weighted by atomic mass is 16.1. The molecular formula is C18H19NO. The minimum Gasteiger partial charge on any atom is -0.385 e. The Hall–Kier alpha value is -2.09. The molecule has 2 nitrogen and oxygen atoms in total. The van der Waals surface area contributed by atoms with Gasteiger partial charge in [-0.2, -0.15) is 0 Å². The number of nitrogens with one attached hydrogen (secondary N) is 1. The van der Waals surface area contributed by atoms with Gasteiger partial charge in [-0.1, -0.05) is 42.0 Å². The van der Waals surface area contributed by atoms with Crippen molar-refractivity contribution in [3.05, 3.63) is 64.7 Å². The van der Waals surface area contributed by atoms with Gasteiger partial charge in [-0.15, -0.1) is 0 Å². The molecule has 0 aromatic heterocycles. The van der Waals surface area contributed by atoms with Crippen LogP contribution < -0.4 is 5.32 Å². The largest absolute Gasteiger partial charge is 0.385 e. The highest BCUT2D eigenvalue weighted by Gasteiger charge is 2.27. The Balaban J connectivity index is 2.00. The second-order valence-electron chi connectivity index (χ2n) is 5.54. The van der Waals surface area contributed by atoms with Crippen molar-refractivity contribution in [2.24, 2.45) is 0 Å². The van der Waals surface area contributed by atoms with E-state index in [1.165, 1.54) is 5.56 Å². The van der Waals surface area contributed by atoms with Crippen molar-refractivity contribution in [3.63, 3.8) is 0 Å². The Bertz CT molecular complexity index is 660. The van der Waals surface area contributed by atoms with Gasteiger partial charge in [-0.25, -0.2) is 0 Å². The minimum absolute atomic E-state index is 0.0196. The molecule has 1 heterocycles. The Kier molecular flexibility index (Phi) is 3.31. The van der Waals surface area contributed by atoms with E-state index in [2.05, 4.69) is 30.4 Å². The van der Waals surface area contributed by atoms with Crippen LogP contribution in [0, 0.1) is 13.8 Å². The molecule has 1 N–H and O–H groups in total. The summed E-state index contributed by atoms with van der Waals surface area (Å²) in [7, 11) is 0. The number of para-hydroxylation sites is 1. The Morgan fingerprint density at radius 2 is 1.95 bits per heavy atom. The zero-order valence-corrected chi connectivity index (χ0v) is 11.9. The molecule has 0 spiro atoms. The predicted molar refractivity (Wildman–Crippen MR) is 82.5 cm³/mol. The number of ketones is 1. The van der Waals surface area contributed by atoms with Crippen molar-refractivity contribution < 1.29 is 4.79 Å².